The van der Waals surface area contributed by atoms with E-state index in [-0.39, 0.29) is 11.5 Å². The minimum absolute atomic E-state index is 0.0285. The molecule has 29 heavy (non-hydrogen) atoms. The molecule has 0 fully saturated rings. The van der Waals surface area contributed by atoms with E-state index < -0.39 is 6.17 Å². The summed E-state index contributed by atoms with van der Waals surface area (Å²) in [5, 5.41) is 5.15. The van der Waals surface area contributed by atoms with Gasteiger partial charge < -0.3 is 0 Å². The van der Waals surface area contributed by atoms with Crippen molar-refractivity contribution in [2.24, 2.45) is 0 Å². The van der Waals surface area contributed by atoms with Gasteiger partial charge in [-0.05, 0) is 48.5 Å². The molecule has 8 heteroatoms. The fraction of sp³-hybridized carbons (Fsp3) is 0.286. The van der Waals surface area contributed by atoms with Crippen LogP contribution in [0.15, 0.2) is 52.4 Å². The van der Waals surface area contributed by atoms with Gasteiger partial charge in [-0.1, -0.05) is 36.9 Å². The quantitative estimate of drug-likeness (QED) is 0.530. The molecule has 0 unspecified atom stereocenters. The largest absolute Gasteiger partial charge is 0.325 e. The second kappa shape index (κ2) is 7.79. The highest BCUT2D eigenvalue weighted by molar-refractivity contribution is 7.98. The molecular weight excluding hydrogens is 386 g/mol. The van der Waals surface area contributed by atoms with Crippen molar-refractivity contribution >= 4 is 23.4 Å². The molecule has 0 aliphatic carbocycles. The lowest BCUT2D eigenvalue weighted by Crippen LogP contribution is -2.61. The number of para-hydroxylation sites is 1. The lowest BCUT2D eigenvalue weighted by Gasteiger charge is -2.31. The molecular formula is C21H22N5O2S+. The Hall–Kier alpha value is -3.00. The lowest BCUT2D eigenvalue weighted by molar-refractivity contribution is -0.763. The zero-order chi connectivity index (χ0) is 20.5. The minimum atomic E-state index is -0.632. The average Bonchev–Trinajstić information content (AvgIpc) is 2.72. The van der Waals surface area contributed by atoms with Crippen LogP contribution in [0.1, 0.15) is 37.3 Å². The highest BCUT2D eigenvalue weighted by Gasteiger charge is 2.46. The molecule has 0 saturated heterocycles. The van der Waals surface area contributed by atoms with E-state index in [4.69, 9.17) is 0 Å². The summed E-state index contributed by atoms with van der Waals surface area (Å²) in [5.74, 6) is -0.0285. The van der Waals surface area contributed by atoms with Crippen molar-refractivity contribution in [1.29, 1.82) is 0 Å². The number of aryl methyl sites for hydroxylation is 1. The molecule has 1 aliphatic rings. The van der Waals surface area contributed by atoms with Crippen LogP contribution in [0.25, 0.3) is 11.3 Å². The minimum Gasteiger partial charge on any atom is -0.291 e. The van der Waals surface area contributed by atoms with Crippen LogP contribution in [0.2, 0.25) is 0 Å². The molecule has 1 atom stereocenters. The Kier molecular flexibility index (Phi) is 5.19. The number of amides is 1. The van der Waals surface area contributed by atoms with Crippen LogP contribution in [0.4, 0.5) is 5.69 Å². The van der Waals surface area contributed by atoms with Crippen LogP contribution in [-0.4, -0.2) is 27.2 Å². The number of pyridine rings is 1. The van der Waals surface area contributed by atoms with Crippen LogP contribution >= 0.6 is 11.8 Å². The van der Waals surface area contributed by atoms with Crippen molar-refractivity contribution in [1.82, 2.24) is 15.1 Å². The fourth-order valence-electron chi connectivity index (χ4n) is 3.64. The van der Waals surface area contributed by atoms with E-state index in [2.05, 4.69) is 15.1 Å². The summed E-state index contributed by atoms with van der Waals surface area (Å²) >= 11 is 1.35. The number of H-pyrrole nitrogens is 1. The zero-order valence-corrected chi connectivity index (χ0v) is 17.4. The number of benzene rings is 1. The summed E-state index contributed by atoms with van der Waals surface area (Å²) in [6, 6.07) is 13.1. The van der Waals surface area contributed by atoms with E-state index in [9.17, 15) is 9.59 Å². The van der Waals surface area contributed by atoms with E-state index >= 15 is 0 Å². The van der Waals surface area contributed by atoms with Gasteiger partial charge in [0, 0.05) is 17.2 Å². The van der Waals surface area contributed by atoms with Crippen molar-refractivity contribution in [3.63, 3.8) is 0 Å². The first-order valence-electron chi connectivity index (χ1n) is 9.50. The molecule has 1 aromatic carbocycles. The first-order chi connectivity index (χ1) is 14.0. The Labute approximate surface area is 172 Å². The molecule has 0 saturated carbocycles. The normalized spacial score (nSPS) is 15.0. The Morgan fingerprint density at radius 1 is 1.24 bits per heavy atom. The summed E-state index contributed by atoms with van der Waals surface area (Å²) in [6.45, 7) is 3.88. The van der Waals surface area contributed by atoms with E-state index in [0.717, 1.165) is 12.1 Å². The molecule has 3 heterocycles. The maximum Gasteiger partial charge on any atom is 0.325 e. The summed E-state index contributed by atoms with van der Waals surface area (Å²) in [6.07, 6.45) is 2.33. The van der Waals surface area contributed by atoms with Gasteiger partial charge in [-0.3, -0.25) is 14.6 Å². The first-order valence-corrected chi connectivity index (χ1v) is 10.7. The number of carbonyl (C=O) groups excluding carboxylic acids is 1. The highest BCUT2D eigenvalue weighted by Crippen LogP contribution is 2.37. The number of hydrogen-bond donors (Lipinski definition) is 1. The molecule has 4 rings (SSSR count). The van der Waals surface area contributed by atoms with Gasteiger partial charge >= 0.3 is 17.4 Å². The van der Waals surface area contributed by atoms with E-state index in [1.54, 1.807) is 9.58 Å². The third-order valence-corrected chi connectivity index (χ3v) is 5.43. The monoisotopic (exact) mass is 408 g/mol. The number of thioether (sulfide) groups is 1. The number of nitrogens with zero attached hydrogens (tertiary/aromatic N) is 4. The fourth-order valence-corrected chi connectivity index (χ4v) is 4.01. The van der Waals surface area contributed by atoms with Gasteiger partial charge in [-0.2, -0.15) is 0 Å². The second-order valence-corrected chi connectivity index (χ2v) is 7.66. The standard InChI is InChI=1S/C21H21N5O2S/c1-4-8-17(27)25-16-12-6-5-10-14(16)18-19(28)23-21(29-3)24-26(18)20(25)15-11-7-9-13(2)22-15/h5-7,9-12,20H,4,8H2,1-3H3/p+1/t20-/m1/s1. The van der Waals surface area contributed by atoms with Crippen LogP contribution < -0.4 is 15.1 Å². The number of carbonyl (C=O) groups is 1. The number of nitrogens with one attached hydrogen (secondary N) is 1. The predicted octanol–water partition coefficient (Wildman–Crippen LogP) is 2.84. The number of anilines is 1. The molecule has 7 nitrogen and oxygen atoms in total. The molecule has 0 bridgehead atoms. The zero-order valence-electron chi connectivity index (χ0n) is 16.5. The summed E-state index contributed by atoms with van der Waals surface area (Å²) in [7, 11) is 0. The van der Waals surface area contributed by atoms with Crippen molar-refractivity contribution in [3.05, 3.63) is 64.2 Å². The number of fused-ring (bicyclic) bond motifs is 3. The van der Waals surface area contributed by atoms with Gasteiger partial charge in [-0.25, -0.2) is 9.88 Å². The van der Waals surface area contributed by atoms with Crippen molar-refractivity contribution < 1.29 is 9.48 Å². The molecule has 3 aromatic rings. The molecule has 1 amide bonds. The topological polar surface area (TPSA) is 82.8 Å². The number of hydrogen-bond acceptors (Lipinski definition) is 5. The first kappa shape index (κ1) is 19.3. The molecule has 2 aromatic heterocycles. The summed E-state index contributed by atoms with van der Waals surface area (Å²) < 4.78 is 1.64. The molecule has 0 spiro atoms. The van der Waals surface area contributed by atoms with Crippen molar-refractivity contribution in [2.75, 3.05) is 11.2 Å². The Balaban J connectivity index is 2.07. The second-order valence-electron chi connectivity index (χ2n) is 6.86. The van der Waals surface area contributed by atoms with Gasteiger partial charge in [0.2, 0.25) is 11.1 Å². The van der Waals surface area contributed by atoms with Gasteiger partial charge in [-0.15, -0.1) is 0 Å². The number of aromatic amines is 1. The number of rotatable bonds is 4. The van der Waals surface area contributed by atoms with E-state index in [0.29, 0.717) is 34.2 Å². The number of aromatic nitrogens is 4. The Bertz CT molecular complexity index is 1140. The molecule has 1 N–H and O–H groups in total. The smallest absolute Gasteiger partial charge is 0.291 e. The van der Waals surface area contributed by atoms with E-state index in [1.807, 2.05) is 62.6 Å². The van der Waals surface area contributed by atoms with Crippen LogP contribution in [-0.2, 0) is 4.79 Å². The maximum atomic E-state index is 13.2. The average molecular weight is 409 g/mol. The molecule has 148 valence electrons. The van der Waals surface area contributed by atoms with Crippen molar-refractivity contribution in [3.8, 4) is 11.3 Å². The third-order valence-electron chi connectivity index (χ3n) is 4.86. The third kappa shape index (κ3) is 3.33. The van der Waals surface area contributed by atoms with Crippen LogP contribution in [0, 0.1) is 6.92 Å². The molecule has 0 radical (unpaired) electrons. The van der Waals surface area contributed by atoms with Crippen LogP contribution in [0.3, 0.4) is 0 Å². The van der Waals surface area contributed by atoms with Crippen LogP contribution in [0.5, 0.6) is 0 Å². The van der Waals surface area contributed by atoms with Gasteiger partial charge in [0.1, 0.15) is 5.69 Å². The summed E-state index contributed by atoms with van der Waals surface area (Å²) in [4.78, 5) is 35.5. The Morgan fingerprint density at radius 2 is 2.03 bits per heavy atom. The molecule has 1 aliphatic heterocycles. The maximum absolute atomic E-state index is 13.2. The lowest BCUT2D eigenvalue weighted by atomic mass is 10.0. The Morgan fingerprint density at radius 3 is 2.76 bits per heavy atom. The van der Waals surface area contributed by atoms with Gasteiger partial charge in [0.25, 0.3) is 0 Å². The van der Waals surface area contributed by atoms with E-state index in [1.165, 1.54) is 11.8 Å². The summed E-state index contributed by atoms with van der Waals surface area (Å²) in [5.41, 5.74) is 3.07. The van der Waals surface area contributed by atoms with Gasteiger partial charge in [0.15, 0.2) is 0 Å². The highest BCUT2D eigenvalue weighted by atomic mass is 32.2. The predicted molar refractivity (Wildman–Crippen MR) is 112 cm³/mol. The van der Waals surface area contributed by atoms with Gasteiger partial charge in [0.05, 0.1) is 11.3 Å². The SMILES string of the molecule is CCCC(=O)N1c2ccccc2-c2c(=O)[nH]c(SC)n[n+]2[C@@H]1c1cccc(C)n1. The van der Waals surface area contributed by atoms with Crippen molar-refractivity contribution in [2.45, 2.75) is 38.0 Å².